The summed E-state index contributed by atoms with van der Waals surface area (Å²) in [5, 5.41) is 10.7. The summed E-state index contributed by atoms with van der Waals surface area (Å²) in [5.41, 5.74) is 1.89. The van der Waals surface area contributed by atoms with E-state index >= 15 is 0 Å². The lowest BCUT2D eigenvalue weighted by atomic mass is 10.3. The van der Waals surface area contributed by atoms with Crippen LogP contribution in [-0.2, 0) is 6.54 Å². The lowest BCUT2D eigenvalue weighted by molar-refractivity contribution is 0.0951. The summed E-state index contributed by atoms with van der Waals surface area (Å²) in [7, 11) is 0. The number of hydrogen-bond acceptors (Lipinski definition) is 3. The van der Waals surface area contributed by atoms with Crippen molar-refractivity contribution in [1.82, 2.24) is 5.32 Å². The van der Waals surface area contributed by atoms with Crippen LogP contribution in [0, 0.1) is 0 Å². The largest absolute Gasteiger partial charge is 0.348 e. The van der Waals surface area contributed by atoms with Gasteiger partial charge in [-0.3, -0.25) is 4.79 Å². The molecule has 4 heteroatoms. The fraction of sp³-hybridized carbons (Fsp3) is 0.100. The number of amides is 1. The van der Waals surface area contributed by atoms with Gasteiger partial charge in [0, 0.05) is 17.5 Å². The highest BCUT2D eigenvalue weighted by atomic mass is 32.1. The Kier molecular flexibility index (Phi) is 2.96. The van der Waals surface area contributed by atoms with Crippen LogP contribution in [0.2, 0.25) is 0 Å². The zero-order chi connectivity index (χ0) is 9.80. The van der Waals surface area contributed by atoms with Crippen LogP contribution >= 0.6 is 22.7 Å². The van der Waals surface area contributed by atoms with Gasteiger partial charge in [-0.05, 0) is 33.8 Å². The normalized spacial score (nSPS) is 10.0. The second-order valence-corrected chi connectivity index (χ2v) is 4.39. The Morgan fingerprint density at radius 1 is 1.21 bits per heavy atom. The van der Waals surface area contributed by atoms with E-state index in [0.717, 1.165) is 11.1 Å². The highest BCUT2D eigenvalue weighted by Crippen LogP contribution is 2.08. The van der Waals surface area contributed by atoms with Gasteiger partial charge >= 0.3 is 0 Å². The second-order valence-electron chi connectivity index (χ2n) is 2.83. The molecule has 2 aromatic rings. The third kappa shape index (κ3) is 2.21. The van der Waals surface area contributed by atoms with E-state index in [-0.39, 0.29) is 5.91 Å². The van der Waals surface area contributed by atoms with Crippen molar-refractivity contribution in [3.8, 4) is 0 Å². The molecule has 0 aliphatic heterocycles. The third-order valence-corrected chi connectivity index (χ3v) is 3.23. The fourth-order valence-corrected chi connectivity index (χ4v) is 2.38. The van der Waals surface area contributed by atoms with Gasteiger partial charge in [-0.25, -0.2) is 0 Å². The van der Waals surface area contributed by atoms with E-state index in [1.807, 2.05) is 33.7 Å². The van der Waals surface area contributed by atoms with Crippen molar-refractivity contribution in [1.29, 1.82) is 0 Å². The molecule has 0 aliphatic carbocycles. The summed E-state index contributed by atoms with van der Waals surface area (Å²) < 4.78 is 0. The molecule has 0 saturated heterocycles. The molecule has 0 bridgehead atoms. The minimum absolute atomic E-state index is 0.00236. The monoisotopic (exact) mass is 223 g/mol. The van der Waals surface area contributed by atoms with E-state index in [1.165, 1.54) is 11.3 Å². The first-order chi connectivity index (χ1) is 6.86. The number of thiophene rings is 2. The maximum Gasteiger partial charge on any atom is 0.252 e. The van der Waals surface area contributed by atoms with Gasteiger partial charge in [0.25, 0.3) is 5.91 Å². The molecule has 0 spiro atoms. The van der Waals surface area contributed by atoms with Crippen LogP contribution in [0.15, 0.2) is 33.7 Å². The number of carbonyl (C=O) groups is 1. The fourth-order valence-electron chi connectivity index (χ4n) is 1.07. The summed E-state index contributed by atoms with van der Waals surface area (Å²) in [5.74, 6) is -0.00236. The van der Waals surface area contributed by atoms with E-state index in [4.69, 9.17) is 0 Å². The molecule has 0 saturated carbocycles. The average molecular weight is 223 g/mol. The lowest BCUT2D eigenvalue weighted by Gasteiger charge is -2.00. The van der Waals surface area contributed by atoms with Crippen LogP contribution < -0.4 is 5.32 Å². The van der Waals surface area contributed by atoms with Gasteiger partial charge in [0.15, 0.2) is 0 Å². The molecular weight excluding hydrogens is 214 g/mol. The van der Waals surface area contributed by atoms with Crippen LogP contribution in [0.25, 0.3) is 0 Å². The SMILES string of the molecule is O=C(NCc1ccsc1)c1ccsc1. The third-order valence-electron chi connectivity index (χ3n) is 1.82. The summed E-state index contributed by atoms with van der Waals surface area (Å²) in [6, 6.07) is 3.84. The van der Waals surface area contributed by atoms with Crippen LogP contribution in [0.5, 0.6) is 0 Å². The predicted molar refractivity (Wildman–Crippen MR) is 59.8 cm³/mol. The van der Waals surface area contributed by atoms with Crippen LogP contribution in [-0.4, -0.2) is 5.91 Å². The molecule has 72 valence electrons. The highest BCUT2D eigenvalue weighted by Gasteiger charge is 2.04. The first-order valence-corrected chi connectivity index (χ1v) is 6.06. The summed E-state index contributed by atoms with van der Waals surface area (Å²) in [6.07, 6.45) is 0. The van der Waals surface area contributed by atoms with Gasteiger partial charge in [-0.1, -0.05) is 0 Å². The minimum atomic E-state index is -0.00236. The topological polar surface area (TPSA) is 29.1 Å². The van der Waals surface area contributed by atoms with E-state index < -0.39 is 0 Å². The molecule has 0 unspecified atom stereocenters. The van der Waals surface area contributed by atoms with Crippen molar-refractivity contribution < 1.29 is 4.79 Å². The molecule has 1 N–H and O–H groups in total. The number of rotatable bonds is 3. The van der Waals surface area contributed by atoms with Crippen LogP contribution in [0.1, 0.15) is 15.9 Å². The van der Waals surface area contributed by atoms with Gasteiger partial charge in [0.1, 0.15) is 0 Å². The van der Waals surface area contributed by atoms with Crippen molar-refractivity contribution >= 4 is 28.6 Å². The van der Waals surface area contributed by atoms with Gasteiger partial charge in [-0.15, -0.1) is 0 Å². The van der Waals surface area contributed by atoms with Gasteiger partial charge in [0.2, 0.25) is 0 Å². The molecule has 0 fully saturated rings. The van der Waals surface area contributed by atoms with Gasteiger partial charge in [0.05, 0.1) is 0 Å². The van der Waals surface area contributed by atoms with Gasteiger partial charge in [-0.2, -0.15) is 22.7 Å². The first-order valence-electron chi connectivity index (χ1n) is 4.18. The Labute approximate surface area is 90.2 Å². The van der Waals surface area contributed by atoms with Gasteiger partial charge < -0.3 is 5.32 Å². The molecule has 14 heavy (non-hydrogen) atoms. The molecule has 1 amide bonds. The molecule has 0 aromatic carbocycles. The van der Waals surface area contributed by atoms with E-state index in [9.17, 15) is 4.79 Å². The summed E-state index contributed by atoms with van der Waals surface area (Å²) in [6.45, 7) is 0.609. The zero-order valence-corrected chi connectivity index (χ0v) is 9.03. The predicted octanol–water partition coefficient (Wildman–Crippen LogP) is 2.74. The maximum absolute atomic E-state index is 11.5. The van der Waals surface area contributed by atoms with Crippen LogP contribution in [0.3, 0.4) is 0 Å². The van der Waals surface area contributed by atoms with Crippen molar-refractivity contribution in [2.75, 3.05) is 0 Å². The van der Waals surface area contributed by atoms with Crippen molar-refractivity contribution in [2.45, 2.75) is 6.54 Å². The molecule has 0 aliphatic rings. The quantitative estimate of drug-likeness (QED) is 0.851. The minimum Gasteiger partial charge on any atom is -0.348 e. The number of hydrogen-bond donors (Lipinski definition) is 1. The highest BCUT2D eigenvalue weighted by molar-refractivity contribution is 7.08. The smallest absolute Gasteiger partial charge is 0.252 e. The van der Waals surface area contributed by atoms with Crippen LogP contribution in [0.4, 0.5) is 0 Å². The molecule has 0 radical (unpaired) electrons. The van der Waals surface area contributed by atoms with E-state index in [2.05, 4.69) is 5.32 Å². The number of nitrogens with one attached hydrogen (secondary N) is 1. The van der Waals surface area contributed by atoms with Crippen molar-refractivity contribution in [3.05, 3.63) is 44.8 Å². The second kappa shape index (κ2) is 4.39. The standard InChI is InChI=1S/C10H9NOS2/c12-10(9-2-4-14-7-9)11-5-8-1-3-13-6-8/h1-4,6-7H,5H2,(H,11,12). The van der Waals surface area contributed by atoms with Crippen molar-refractivity contribution in [3.63, 3.8) is 0 Å². The summed E-state index contributed by atoms with van der Waals surface area (Å²) >= 11 is 3.17. The van der Waals surface area contributed by atoms with E-state index in [0.29, 0.717) is 6.54 Å². The average Bonchev–Trinajstić information content (AvgIpc) is 2.87. The molecule has 2 aromatic heterocycles. The Bertz CT molecular complexity index is 392. The lowest BCUT2D eigenvalue weighted by Crippen LogP contribution is -2.21. The summed E-state index contributed by atoms with van der Waals surface area (Å²) in [4.78, 5) is 11.5. The Morgan fingerprint density at radius 3 is 2.64 bits per heavy atom. The molecule has 2 rings (SSSR count). The maximum atomic E-state index is 11.5. The molecule has 2 nitrogen and oxygen atoms in total. The Morgan fingerprint density at radius 2 is 2.00 bits per heavy atom. The van der Waals surface area contributed by atoms with Crippen molar-refractivity contribution in [2.24, 2.45) is 0 Å². The number of carbonyl (C=O) groups excluding carboxylic acids is 1. The Balaban J connectivity index is 1.90. The molecule has 2 heterocycles. The zero-order valence-electron chi connectivity index (χ0n) is 7.40. The van der Waals surface area contributed by atoms with E-state index in [1.54, 1.807) is 11.3 Å². The Hall–Kier alpha value is -1.13. The molecular formula is C10H9NOS2. The molecule has 0 atom stereocenters. The first kappa shape index (κ1) is 9.43.